The molecule has 0 aromatic carbocycles. The van der Waals surface area contributed by atoms with Crippen molar-refractivity contribution in [3.8, 4) is 0 Å². The lowest BCUT2D eigenvalue weighted by molar-refractivity contribution is -0.134. The molecular formula is C14H26N4O2. The zero-order valence-corrected chi connectivity index (χ0v) is 12.4. The van der Waals surface area contributed by atoms with E-state index in [9.17, 15) is 9.59 Å². The van der Waals surface area contributed by atoms with Gasteiger partial charge in [0.15, 0.2) is 0 Å². The monoisotopic (exact) mass is 282 g/mol. The second-order valence-electron chi connectivity index (χ2n) is 5.83. The van der Waals surface area contributed by atoms with Crippen LogP contribution in [0.2, 0.25) is 0 Å². The number of nitrogens with zero attached hydrogens (tertiary/aromatic N) is 3. The first-order valence-corrected chi connectivity index (χ1v) is 7.61. The minimum Gasteiger partial charge on any atom is -0.368 e. The summed E-state index contributed by atoms with van der Waals surface area (Å²) in [6.07, 6.45) is 3.51. The van der Waals surface area contributed by atoms with E-state index in [0.29, 0.717) is 6.54 Å². The molecular weight excluding hydrogens is 256 g/mol. The minimum absolute atomic E-state index is 0.213. The number of hydrogen-bond acceptors (Lipinski definition) is 4. The van der Waals surface area contributed by atoms with Crippen molar-refractivity contribution in [2.24, 2.45) is 5.73 Å². The maximum atomic E-state index is 12.2. The van der Waals surface area contributed by atoms with Gasteiger partial charge in [0.25, 0.3) is 0 Å². The highest BCUT2D eigenvalue weighted by Crippen LogP contribution is 2.11. The zero-order chi connectivity index (χ0) is 14.5. The molecule has 2 saturated heterocycles. The van der Waals surface area contributed by atoms with Crippen LogP contribution in [0.15, 0.2) is 0 Å². The molecule has 2 heterocycles. The molecule has 0 radical (unpaired) electrons. The number of carbonyl (C=O) groups excluding carboxylic acids is 2. The second kappa shape index (κ2) is 7.04. The standard InChI is InChI=1S/C14H26N4O2/c1-12(14(15)20)17-9-7-16(8-10-17)11-13(19)18-5-3-2-4-6-18/h12H,2-11H2,1H3,(H2,15,20). The third-order valence-corrected chi connectivity index (χ3v) is 4.43. The van der Waals surface area contributed by atoms with Crippen molar-refractivity contribution < 1.29 is 9.59 Å². The highest BCUT2D eigenvalue weighted by atomic mass is 16.2. The van der Waals surface area contributed by atoms with Gasteiger partial charge in [-0.05, 0) is 26.2 Å². The summed E-state index contributed by atoms with van der Waals surface area (Å²) in [5.74, 6) is -0.0241. The normalized spacial score (nSPS) is 23.6. The molecule has 1 atom stereocenters. The number of hydrogen-bond donors (Lipinski definition) is 1. The lowest BCUT2D eigenvalue weighted by Crippen LogP contribution is -2.54. The summed E-state index contributed by atoms with van der Waals surface area (Å²) in [6, 6.07) is -0.213. The Labute approximate surface area is 120 Å². The van der Waals surface area contributed by atoms with Crippen LogP contribution in [0.3, 0.4) is 0 Å². The van der Waals surface area contributed by atoms with E-state index in [1.807, 2.05) is 11.8 Å². The van der Waals surface area contributed by atoms with E-state index in [0.717, 1.165) is 52.1 Å². The van der Waals surface area contributed by atoms with E-state index < -0.39 is 0 Å². The lowest BCUT2D eigenvalue weighted by atomic mass is 10.1. The highest BCUT2D eigenvalue weighted by molar-refractivity contribution is 5.79. The van der Waals surface area contributed by atoms with Gasteiger partial charge >= 0.3 is 0 Å². The van der Waals surface area contributed by atoms with Crippen molar-refractivity contribution in [1.82, 2.24) is 14.7 Å². The number of amides is 2. The Bertz CT molecular complexity index is 347. The number of primary amides is 1. The van der Waals surface area contributed by atoms with Crippen molar-refractivity contribution in [3.63, 3.8) is 0 Å². The minimum atomic E-state index is -0.275. The van der Waals surface area contributed by atoms with Gasteiger partial charge in [0.05, 0.1) is 12.6 Å². The quantitative estimate of drug-likeness (QED) is 0.754. The van der Waals surface area contributed by atoms with Crippen LogP contribution < -0.4 is 5.73 Å². The molecule has 0 bridgehead atoms. The molecule has 2 rings (SSSR count). The van der Waals surface area contributed by atoms with Crippen molar-refractivity contribution in [3.05, 3.63) is 0 Å². The summed E-state index contributed by atoms with van der Waals surface area (Å²) in [5, 5.41) is 0. The predicted molar refractivity (Wildman–Crippen MR) is 77.1 cm³/mol. The maximum Gasteiger partial charge on any atom is 0.236 e. The van der Waals surface area contributed by atoms with E-state index in [4.69, 9.17) is 5.73 Å². The molecule has 20 heavy (non-hydrogen) atoms. The molecule has 114 valence electrons. The summed E-state index contributed by atoms with van der Waals surface area (Å²) in [4.78, 5) is 29.6. The predicted octanol–water partition coefficient (Wildman–Crippen LogP) is -0.510. The Kier molecular flexibility index (Phi) is 5.37. The molecule has 1 unspecified atom stereocenters. The molecule has 2 fully saturated rings. The Morgan fingerprint density at radius 3 is 2.15 bits per heavy atom. The molecule has 0 aliphatic carbocycles. The average Bonchev–Trinajstić information content (AvgIpc) is 2.48. The smallest absolute Gasteiger partial charge is 0.236 e. The second-order valence-corrected chi connectivity index (χ2v) is 5.83. The van der Waals surface area contributed by atoms with Crippen LogP contribution >= 0.6 is 0 Å². The number of rotatable bonds is 4. The van der Waals surface area contributed by atoms with Crippen LogP contribution in [0, 0.1) is 0 Å². The molecule has 2 aliphatic heterocycles. The van der Waals surface area contributed by atoms with Gasteiger partial charge in [-0.3, -0.25) is 19.4 Å². The molecule has 2 N–H and O–H groups in total. The molecule has 0 spiro atoms. The molecule has 2 amide bonds. The maximum absolute atomic E-state index is 12.2. The fourth-order valence-electron chi connectivity index (χ4n) is 2.92. The van der Waals surface area contributed by atoms with Crippen molar-refractivity contribution >= 4 is 11.8 Å². The summed E-state index contributed by atoms with van der Waals surface area (Å²) >= 11 is 0. The van der Waals surface area contributed by atoms with Gasteiger partial charge < -0.3 is 10.6 Å². The zero-order valence-electron chi connectivity index (χ0n) is 12.4. The summed E-state index contributed by atoms with van der Waals surface area (Å²) in [7, 11) is 0. The number of carbonyl (C=O) groups is 2. The Morgan fingerprint density at radius 2 is 1.60 bits per heavy atom. The van der Waals surface area contributed by atoms with Crippen LogP contribution in [0.5, 0.6) is 0 Å². The largest absolute Gasteiger partial charge is 0.368 e. The fraction of sp³-hybridized carbons (Fsp3) is 0.857. The van der Waals surface area contributed by atoms with E-state index in [1.54, 1.807) is 0 Å². The van der Waals surface area contributed by atoms with Crippen molar-refractivity contribution in [1.29, 1.82) is 0 Å². The molecule has 6 nitrogen and oxygen atoms in total. The van der Waals surface area contributed by atoms with E-state index in [1.165, 1.54) is 6.42 Å². The highest BCUT2D eigenvalue weighted by Gasteiger charge is 2.26. The van der Waals surface area contributed by atoms with Crippen LogP contribution in [0.25, 0.3) is 0 Å². The molecule has 2 aliphatic rings. The Morgan fingerprint density at radius 1 is 1.00 bits per heavy atom. The third kappa shape index (κ3) is 3.93. The SMILES string of the molecule is CC(C(N)=O)N1CCN(CC(=O)N2CCCCC2)CC1. The van der Waals surface area contributed by atoms with E-state index >= 15 is 0 Å². The van der Waals surface area contributed by atoms with E-state index in [2.05, 4.69) is 9.80 Å². The molecule has 6 heteroatoms. The fourth-order valence-corrected chi connectivity index (χ4v) is 2.92. The Balaban J connectivity index is 1.73. The van der Waals surface area contributed by atoms with Gasteiger partial charge in [-0.15, -0.1) is 0 Å². The summed E-state index contributed by atoms with van der Waals surface area (Å²) in [5.41, 5.74) is 5.32. The van der Waals surface area contributed by atoms with E-state index in [-0.39, 0.29) is 17.9 Å². The van der Waals surface area contributed by atoms with Gasteiger partial charge in [0.1, 0.15) is 0 Å². The molecule has 0 aromatic rings. The molecule has 0 aromatic heterocycles. The number of piperidine rings is 1. The van der Waals surface area contributed by atoms with Gasteiger partial charge in [0.2, 0.25) is 11.8 Å². The lowest BCUT2D eigenvalue weighted by Gasteiger charge is -2.37. The number of likely N-dealkylation sites (tertiary alicyclic amines) is 1. The van der Waals surface area contributed by atoms with Crippen LogP contribution in [-0.4, -0.2) is 78.4 Å². The number of nitrogens with two attached hydrogens (primary N) is 1. The summed E-state index contributed by atoms with van der Waals surface area (Å²) < 4.78 is 0. The third-order valence-electron chi connectivity index (χ3n) is 4.43. The summed E-state index contributed by atoms with van der Waals surface area (Å²) in [6.45, 7) is 7.45. The van der Waals surface area contributed by atoms with Crippen LogP contribution in [-0.2, 0) is 9.59 Å². The van der Waals surface area contributed by atoms with Crippen LogP contribution in [0.1, 0.15) is 26.2 Å². The van der Waals surface area contributed by atoms with Gasteiger partial charge in [-0.2, -0.15) is 0 Å². The van der Waals surface area contributed by atoms with Crippen molar-refractivity contribution in [2.45, 2.75) is 32.2 Å². The van der Waals surface area contributed by atoms with Gasteiger partial charge in [0, 0.05) is 39.3 Å². The van der Waals surface area contributed by atoms with Gasteiger partial charge in [-0.1, -0.05) is 0 Å². The van der Waals surface area contributed by atoms with Crippen molar-refractivity contribution in [2.75, 3.05) is 45.8 Å². The molecule has 0 saturated carbocycles. The topological polar surface area (TPSA) is 69.9 Å². The van der Waals surface area contributed by atoms with Crippen LogP contribution in [0.4, 0.5) is 0 Å². The average molecular weight is 282 g/mol. The first-order chi connectivity index (χ1) is 9.58. The van der Waals surface area contributed by atoms with Gasteiger partial charge in [-0.25, -0.2) is 0 Å². The first-order valence-electron chi connectivity index (χ1n) is 7.61. The first kappa shape index (κ1) is 15.3. The Hall–Kier alpha value is -1.14. The number of piperazine rings is 1.